The van der Waals surface area contributed by atoms with Gasteiger partial charge in [-0.3, -0.25) is 4.79 Å². The smallest absolute Gasteiger partial charge is 0.235 e. The van der Waals surface area contributed by atoms with Crippen LogP contribution in [-0.4, -0.2) is 38.7 Å². The van der Waals surface area contributed by atoms with Gasteiger partial charge in [-0.2, -0.15) is 5.10 Å². The molecule has 0 spiro atoms. The maximum Gasteiger partial charge on any atom is 0.235 e. The molecule has 2 aromatic rings. The lowest BCUT2D eigenvalue weighted by molar-refractivity contribution is -0.113. The summed E-state index contributed by atoms with van der Waals surface area (Å²) in [6.07, 6.45) is 6.48. The van der Waals surface area contributed by atoms with Crippen LogP contribution in [0.5, 0.6) is 0 Å². The largest absolute Gasteiger partial charge is 0.363 e. The number of hydrogen-bond donors (Lipinski definition) is 2. The summed E-state index contributed by atoms with van der Waals surface area (Å²) in [4.78, 5) is 12.1. The molecular weight excluding hydrogens is 320 g/mol. The third-order valence-electron chi connectivity index (χ3n) is 3.56. The van der Waals surface area contributed by atoms with Crippen molar-refractivity contribution < 1.29 is 4.79 Å². The average Bonchev–Trinajstić information content (AvgIpc) is 3.25. The van der Waals surface area contributed by atoms with Crippen molar-refractivity contribution in [3.63, 3.8) is 0 Å². The van der Waals surface area contributed by atoms with E-state index in [1.165, 1.54) is 35.9 Å². The molecule has 2 N–H and O–H groups in total. The van der Waals surface area contributed by atoms with Gasteiger partial charge in [-0.1, -0.05) is 35.9 Å². The minimum atomic E-state index is -0.0500. The molecule has 0 aliphatic heterocycles. The standard InChI is InChI=1S/C13H18N6OS2/c1-14-12-17-18-13(22-12)21-8-11(20)16-10-6-7-15-19(10)9-4-2-3-5-9/h6-7,9H,2-5,8H2,1H3,(H,14,17)(H,16,20). The lowest BCUT2D eigenvalue weighted by Crippen LogP contribution is -2.19. The van der Waals surface area contributed by atoms with E-state index in [0.29, 0.717) is 11.8 Å². The zero-order chi connectivity index (χ0) is 15.4. The van der Waals surface area contributed by atoms with E-state index in [-0.39, 0.29) is 5.91 Å². The lowest BCUT2D eigenvalue weighted by atomic mass is 10.2. The number of anilines is 2. The van der Waals surface area contributed by atoms with Crippen molar-refractivity contribution in [1.82, 2.24) is 20.0 Å². The molecule has 1 aliphatic rings. The first-order valence-corrected chi connectivity index (χ1v) is 9.04. The van der Waals surface area contributed by atoms with Crippen molar-refractivity contribution in [3.8, 4) is 0 Å². The van der Waals surface area contributed by atoms with Crippen molar-refractivity contribution in [3.05, 3.63) is 12.3 Å². The van der Waals surface area contributed by atoms with E-state index in [1.54, 1.807) is 13.2 Å². The van der Waals surface area contributed by atoms with E-state index >= 15 is 0 Å². The summed E-state index contributed by atoms with van der Waals surface area (Å²) in [6, 6.07) is 2.27. The van der Waals surface area contributed by atoms with Crippen LogP contribution >= 0.6 is 23.1 Å². The number of carbonyl (C=O) groups is 1. The van der Waals surface area contributed by atoms with E-state index in [2.05, 4.69) is 25.9 Å². The fourth-order valence-electron chi connectivity index (χ4n) is 2.53. The highest BCUT2D eigenvalue weighted by atomic mass is 32.2. The highest BCUT2D eigenvalue weighted by molar-refractivity contribution is 8.01. The third-order valence-corrected chi connectivity index (χ3v) is 5.63. The minimum Gasteiger partial charge on any atom is -0.363 e. The Hall–Kier alpha value is -1.61. The number of nitrogens with zero attached hydrogens (tertiary/aromatic N) is 4. The number of carbonyl (C=O) groups excluding carboxylic acids is 1. The monoisotopic (exact) mass is 338 g/mol. The average molecular weight is 338 g/mol. The number of thioether (sulfide) groups is 1. The zero-order valence-electron chi connectivity index (χ0n) is 12.3. The molecule has 1 saturated carbocycles. The Balaban J connectivity index is 1.54. The van der Waals surface area contributed by atoms with Gasteiger partial charge in [0.1, 0.15) is 5.82 Å². The van der Waals surface area contributed by atoms with Crippen LogP contribution in [0.25, 0.3) is 0 Å². The van der Waals surface area contributed by atoms with E-state index in [0.717, 1.165) is 28.1 Å². The first-order valence-electron chi connectivity index (χ1n) is 7.23. The molecule has 3 rings (SSSR count). The highest BCUT2D eigenvalue weighted by Crippen LogP contribution is 2.31. The molecule has 0 unspecified atom stereocenters. The molecule has 1 fully saturated rings. The van der Waals surface area contributed by atoms with Crippen LogP contribution in [0.15, 0.2) is 16.6 Å². The topological polar surface area (TPSA) is 84.7 Å². The number of hydrogen-bond acceptors (Lipinski definition) is 7. The quantitative estimate of drug-likeness (QED) is 0.788. The van der Waals surface area contributed by atoms with Gasteiger partial charge in [0.15, 0.2) is 4.34 Å². The molecule has 0 bridgehead atoms. The summed E-state index contributed by atoms with van der Waals surface area (Å²) in [5.41, 5.74) is 0. The van der Waals surface area contributed by atoms with Crippen molar-refractivity contribution in [2.75, 3.05) is 23.4 Å². The molecule has 1 aliphatic carbocycles. The molecule has 2 heterocycles. The Morgan fingerprint density at radius 1 is 1.45 bits per heavy atom. The normalized spacial score (nSPS) is 15.1. The minimum absolute atomic E-state index is 0.0500. The van der Waals surface area contributed by atoms with Crippen LogP contribution in [0.2, 0.25) is 0 Å². The first-order chi connectivity index (χ1) is 10.8. The number of rotatable bonds is 6. The summed E-state index contributed by atoms with van der Waals surface area (Å²) in [7, 11) is 1.80. The first kappa shape index (κ1) is 15.3. The van der Waals surface area contributed by atoms with Crippen molar-refractivity contribution >= 4 is 40.0 Å². The second-order valence-electron chi connectivity index (χ2n) is 5.06. The van der Waals surface area contributed by atoms with E-state index in [9.17, 15) is 4.79 Å². The maximum absolute atomic E-state index is 12.1. The van der Waals surface area contributed by atoms with Crippen molar-refractivity contribution in [2.45, 2.75) is 36.1 Å². The Morgan fingerprint density at radius 3 is 3.00 bits per heavy atom. The predicted octanol–water partition coefficient (Wildman–Crippen LogP) is 2.62. The van der Waals surface area contributed by atoms with Crippen LogP contribution in [0.4, 0.5) is 10.9 Å². The number of nitrogens with one attached hydrogen (secondary N) is 2. The molecule has 9 heteroatoms. The van der Waals surface area contributed by atoms with Gasteiger partial charge in [-0.05, 0) is 12.8 Å². The summed E-state index contributed by atoms with van der Waals surface area (Å²) in [5, 5.41) is 18.9. The number of amides is 1. The van der Waals surface area contributed by atoms with Gasteiger partial charge in [-0.15, -0.1) is 10.2 Å². The summed E-state index contributed by atoms with van der Waals surface area (Å²) >= 11 is 2.83. The molecule has 0 saturated heterocycles. The highest BCUT2D eigenvalue weighted by Gasteiger charge is 2.20. The SMILES string of the molecule is CNc1nnc(SCC(=O)Nc2ccnn2C2CCCC2)s1. The molecule has 118 valence electrons. The fraction of sp³-hybridized carbons (Fsp3) is 0.538. The fourth-order valence-corrected chi connectivity index (χ4v) is 4.03. The molecular formula is C13H18N6OS2. The van der Waals surface area contributed by atoms with Crippen LogP contribution in [-0.2, 0) is 4.79 Å². The van der Waals surface area contributed by atoms with Crippen molar-refractivity contribution in [1.29, 1.82) is 0 Å². The van der Waals surface area contributed by atoms with E-state index in [4.69, 9.17) is 0 Å². The third kappa shape index (κ3) is 3.58. The lowest BCUT2D eigenvalue weighted by Gasteiger charge is -2.14. The van der Waals surface area contributed by atoms with Gasteiger partial charge in [0.25, 0.3) is 0 Å². The molecule has 7 nitrogen and oxygen atoms in total. The molecule has 22 heavy (non-hydrogen) atoms. The van der Waals surface area contributed by atoms with Gasteiger partial charge in [0.05, 0.1) is 18.0 Å². The van der Waals surface area contributed by atoms with E-state index < -0.39 is 0 Å². The van der Waals surface area contributed by atoms with Gasteiger partial charge < -0.3 is 10.6 Å². The molecule has 0 atom stereocenters. The summed E-state index contributed by atoms with van der Waals surface area (Å²) in [6.45, 7) is 0. The molecule has 2 aromatic heterocycles. The van der Waals surface area contributed by atoms with Gasteiger partial charge in [0, 0.05) is 13.1 Å². The molecule has 1 amide bonds. The molecule has 0 aromatic carbocycles. The second kappa shape index (κ2) is 7.10. The van der Waals surface area contributed by atoms with Crippen LogP contribution < -0.4 is 10.6 Å². The molecule has 0 radical (unpaired) electrons. The van der Waals surface area contributed by atoms with Crippen LogP contribution in [0.3, 0.4) is 0 Å². The Bertz CT molecular complexity index is 634. The van der Waals surface area contributed by atoms with E-state index in [1.807, 2.05) is 10.7 Å². The van der Waals surface area contributed by atoms with Gasteiger partial charge in [-0.25, -0.2) is 4.68 Å². The van der Waals surface area contributed by atoms with Gasteiger partial charge in [0.2, 0.25) is 11.0 Å². The second-order valence-corrected chi connectivity index (χ2v) is 7.26. The Labute approximate surface area is 136 Å². The Morgan fingerprint density at radius 2 is 2.27 bits per heavy atom. The summed E-state index contributed by atoms with van der Waals surface area (Å²) in [5.74, 6) is 1.05. The summed E-state index contributed by atoms with van der Waals surface area (Å²) < 4.78 is 2.73. The van der Waals surface area contributed by atoms with Crippen molar-refractivity contribution in [2.24, 2.45) is 0 Å². The van der Waals surface area contributed by atoms with Crippen LogP contribution in [0, 0.1) is 0 Å². The van der Waals surface area contributed by atoms with Crippen LogP contribution in [0.1, 0.15) is 31.7 Å². The predicted molar refractivity (Wildman–Crippen MR) is 88.5 cm³/mol. The number of aromatic nitrogens is 4. The van der Waals surface area contributed by atoms with Gasteiger partial charge >= 0.3 is 0 Å². The maximum atomic E-state index is 12.1. The zero-order valence-corrected chi connectivity index (χ0v) is 13.9. The Kier molecular flexibility index (Phi) is 4.94.